The lowest BCUT2D eigenvalue weighted by atomic mass is 10.1. The van der Waals surface area contributed by atoms with Crippen molar-refractivity contribution in [3.63, 3.8) is 0 Å². The molecule has 0 radical (unpaired) electrons. The Morgan fingerprint density at radius 3 is 1.51 bits per heavy atom. The van der Waals surface area contributed by atoms with Crippen LogP contribution in [0.15, 0.2) is 60.9 Å². The average Bonchev–Trinajstić information content (AvgIpc) is 3.48. The van der Waals surface area contributed by atoms with Crippen LogP contribution < -0.4 is 10.6 Å². The number of unbranched alkanes of at least 4 members (excludes halogenated alkanes) is 4. The molecule has 0 bridgehead atoms. The summed E-state index contributed by atoms with van der Waals surface area (Å²) in [4.78, 5) is 30.7. The van der Waals surface area contributed by atoms with Crippen LogP contribution in [0.4, 0.5) is 0 Å². The number of rotatable bonds is 14. The predicted molar refractivity (Wildman–Crippen MR) is 142 cm³/mol. The Kier molecular flexibility index (Phi) is 8.98. The van der Waals surface area contributed by atoms with Gasteiger partial charge >= 0.3 is 0 Å². The minimum atomic E-state index is 0.124. The van der Waals surface area contributed by atoms with Gasteiger partial charge in [0.2, 0.25) is 11.8 Å². The standard InChI is InChI=1S/C29H36N4O2/c34-28(30-18-16-22-20-32-26-12-8-6-10-24(22)26)14-4-2-1-3-5-15-29(35)31-19-17-23-21-33-27-13-9-7-11-25(23)27/h6-13,20-21,32-33H,1-5,14-19H2,(H,30,34)(H,31,35). The first-order chi connectivity index (χ1) is 17.2. The maximum atomic E-state index is 12.1. The number of H-pyrrole nitrogens is 2. The smallest absolute Gasteiger partial charge is 0.220 e. The van der Waals surface area contributed by atoms with E-state index in [2.05, 4.69) is 44.9 Å². The van der Waals surface area contributed by atoms with Gasteiger partial charge in [0.1, 0.15) is 0 Å². The largest absolute Gasteiger partial charge is 0.361 e. The number of fused-ring (bicyclic) bond motifs is 2. The van der Waals surface area contributed by atoms with Crippen LogP contribution in [0.25, 0.3) is 21.8 Å². The Labute approximate surface area is 206 Å². The zero-order valence-electron chi connectivity index (χ0n) is 20.4. The van der Waals surface area contributed by atoms with Crippen LogP contribution in [0.1, 0.15) is 56.1 Å². The number of aromatic nitrogens is 2. The Bertz CT molecular complexity index is 1140. The third kappa shape index (κ3) is 7.22. The topological polar surface area (TPSA) is 89.8 Å². The second-order valence-corrected chi connectivity index (χ2v) is 9.19. The first kappa shape index (κ1) is 24.6. The minimum absolute atomic E-state index is 0.124. The molecule has 0 spiro atoms. The lowest BCUT2D eigenvalue weighted by Gasteiger charge is -2.06. The van der Waals surface area contributed by atoms with E-state index in [9.17, 15) is 9.59 Å². The summed E-state index contributed by atoms with van der Waals surface area (Å²) in [6, 6.07) is 16.5. The molecule has 2 amide bonds. The Morgan fingerprint density at radius 1 is 0.600 bits per heavy atom. The Balaban J connectivity index is 0.987. The first-order valence-electron chi connectivity index (χ1n) is 12.8. The van der Waals surface area contributed by atoms with Crippen LogP contribution in [0, 0.1) is 0 Å². The number of benzene rings is 2. The van der Waals surface area contributed by atoms with Crippen molar-refractivity contribution in [3.8, 4) is 0 Å². The van der Waals surface area contributed by atoms with Crippen LogP contribution in [0.5, 0.6) is 0 Å². The van der Waals surface area contributed by atoms with E-state index in [1.807, 2.05) is 36.7 Å². The highest BCUT2D eigenvalue weighted by atomic mass is 16.2. The molecule has 4 N–H and O–H groups in total. The maximum Gasteiger partial charge on any atom is 0.220 e. The van der Waals surface area contributed by atoms with Gasteiger partial charge in [-0.2, -0.15) is 0 Å². The van der Waals surface area contributed by atoms with Crippen molar-refractivity contribution in [3.05, 3.63) is 72.1 Å². The molecule has 6 heteroatoms. The highest BCUT2D eigenvalue weighted by Crippen LogP contribution is 2.18. The van der Waals surface area contributed by atoms with Crippen LogP contribution in [-0.2, 0) is 22.4 Å². The highest BCUT2D eigenvalue weighted by Gasteiger charge is 2.06. The molecular formula is C29H36N4O2. The molecule has 0 aliphatic rings. The van der Waals surface area contributed by atoms with E-state index in [4.69, 9.17) is 0 Å². The SMILES string of the molecule is O=C(CCCCCCCC(=O)NCCc1c[nH]c2ccccc12)NCCc1c[nH]c2ccccc12. The second-order valence-electron chi connectivity index (χ2n) is 9.19. The lowest BCUT2D eigenvalue weighted by molar-refractivity contribution is -0.121. The van der Waals surface area contributed by atoms with E-state index in [0.29, 0.717) is 25.9 Å². The number of hydrogen-bond donors (Lipinski definition) is 4. The summed E-state index contributed by atoms with van der Waals surface area (Å²) in [5, 5.41) is 8.52. The van der Waals surface area contributed by atoms with E-state index in [1.54, 1.807) is 0 Å². The number of amides is 2. The molecule has 35 heavy (non-hydrogen) atoms. The quantitative estimate of drug-likeness (QED) is 0.185. The Hall–Kier alpha value is -3.54. The van der Waals surface area contributed by atoms with Crippen LogP contribution in [0.2, 0.25) is 0 Å². The molecule has 0 unspecified atom stereocenters. The van der Waals surface area contributed by atoms with E-state index in [0.717, 1.165) is 56.0 Å². The van der Waals surface area contributed by atoms with Crippen LogP contribution >= 0.6 is 0 Å². The van der Waals surface area contributed by atoms with Gasteiger partial charge in [-0.1, -0.05) is 55.7 Å². The van der Waals surface area contributed by atoms with Gasteiger partial charge < -0.3 is 20.6 Å². The fraction of sp³-hybridized carbons (Fsp3) is 0.379. The molecule has 0 atom stereocenters. The number of para-hydroxylation sites is 2. The lowest BCUT2D eigenvalue weighted by Crippen LogP contribution is -2.25. The predicted octanol–water partition coefficient (Wildman–Crippen LogP) is 5.40. The molecule has 2 heterocycles. The van der Waals surface area contributed by atoms with Crippen molar-refractivity contribution in [2.24, 2.45) is 0 Å². The van der Waals surface area contributed by atoms with E-state index >= 15 is 0 Å². The third-order valence-electron chi connectivity index (χ3n) is 6.59. The summed E-state index contributed by atoms with van der Waals surface area (Å²) in [7, 11) is 0. The number of aromatic amines is 2. The summed E-state index contributed by atoms with van der Waals surface area (Å²) in [5.74, 6) is 0.249. The van der Waals surface area contributed by atoms with Crippen molar-refractivity contribution in [1.29, 1.82) is 0 Å². The molecular weight excluding hydrogens is 436 g/mol. The molecule has 4 rings (SSSR count). The second kappa shape index (κ2) is 12.8. The summed E-state index contributed by atoms with van der Waals surface area (Å²) >= 11 is 0. The molecule has 2 aromatic heterocycles. The highest BCUT2D eigenvalue weighted by molar-refractivity contribution is 5.84. The van der Waals surface area contributed by atoms with E-state index in [1.165, 1.54) is 21.9 Å². The van der Waals surface area contributed by atoms with Gasteiger partial charge in [-0.15, -0.1) is 0 Å². The molecule has 6 nitrogen and oxygen atoms in total. The van der Waals surface area contributed by atoms with Crippen LogP contribution in [-0.4, -0.2) is 34.9 Å². The molecule has 0 aliphatic heterocycles. The number of carbonyl (C=O) groups excluding carboxylic acids is 2. The van der Waals surface area contributed by atoms with Gasteiger partial charge in [0.05, 0.1) is 0 Å². The van der Waals surface area contributed by atoms with Crippen molar-refractivity contribution in [1.82, 2.24) is 20.6 Å². The molecule has 184 valence electrons. The molecule has 4 aromatic rings. The zero-order valence-corrected chi connectivity index (χ0v) is 20.4. The van der Waals surface area contributed by atoms with Crippen molar-refractivity contribution >= 4 is 33.6 Å². The average molecular weight is 473 g/mol. The summed E-state index contributed by atoms with van der Waals surface area (Å²) in [6.07, 6.45) is 11.8. The van der Waals surface area contributed by atoms with Crippen molar-refractivity contribution in [2.75, 3.05) is 13.1 Å². The monoisotopic (exact) mass is 472 g/mol. The van der Waals surface area contributed by atoms with Gasteiger partial charge in [-0.3, -0.25) is 9.59 Å². The number of carbonyl (C=O) groups is 2. The molecule has 0 aliphatic carbocycles. The molecule has 0 saturated carbocycles. The number of nitrogens with one attached hydrogen (secondary N) is 4. The maximum absolute atomic E-state index is 12.1. The van der Waals surface area contributed by atoms with Gasteiger partial charge in [0, 0.05) is 60.1 Å². The zero-order chi connectivity index (χ0) is 24.3. The summed E-state index contributed by atoms with van der Waals surface area (Å²) in [6.45, 7) is 1.33. The fourth-order valence-corrected chi connectivity index (χ4v) is 4.63. The fourth-order valence-electron chi connectivity index (χ4n) is 4.63. The number of hydrogen-bond acceptors (Lipinski definition) is 2. The third-order valence-corrected chi connectivity index (χ3v) is 6.59. The Morgan fingerprint density at radius 2 is 1.03 bits per heavy atom. The van der Waals surface area contributed by atoms with Gasteiger partial charge in [0.25, 0.3) is 0 Å². The van der Waals surface area contributed by atoms with Crippen molar-refractivity contribution in [2.45, 2.75) is 57.8 Å². The molecule has 0 saturated heterocycles. The normalized spacial score (nSPS) is 11.2. The molecule has 0 fully saturated rings. The van der Waals surface area contributed by atoms with Crippen molar-refractivity contribution < 1.29 is 9.59 Å². The van der Waals surface area contributed by atoms with Gasteiger partial charge in [-0.25, -0.2) is 0 Å². The first-order valence-corrected chi connectivity index (χ1v) is 12.8. The minimum Gasteiger partial charge on any atom is -0.361 e. The summed E-state index contributed by atoms with van der Waals surface area (Å²) < 4.78 is 0. The van der Waals surface area contributed by atoms with E-state index < -0.39 is 0 Å². The van der Waals surface area contributed by atoms with Gasteiger partial charge in [0.15, 0.2) is 0 Å². The summed E-state index contributed by atoms with van der Waals surface area (Å²) in [5.41, 5.74) is 4.75. The molecule has 2 aromatic carbocycles. The van der Waals surface area contributed by atoms with Gasteiger partial charge in [-0.05, 0) is 48.9 Å². The van der Waals surface area contributed by atoms with E-state index in [-0.39, 0.29) is 11.8 Å². The van der Waals surface area contributed by atoms with Crippen LogP contribution in [0.3, 0.4) is 0 Å².